The number of likely N-dealkylation sites (tertiary alicyclic amines) is 1. The number of halogens is 2. The summed E-state index contributed by atoms with van der Waals surface area (Å²) < 4.78 is 13.9. The van der Waals surface area contributed by atoms with Gasteiger partial charge in [-0.3, -0.25) is 9.79 Å². The van der Waals surface area contributed by atoms with Crippen LogP contribution in [0.1, 0.15) is 31.7 Å². The van der Waals surface area contributed by atoms with Gasteiger partial charge in [-0.1, -0.05) is 17.7 Å². The summed E-state index contributed by atoms with van der Waals surface area (Å²) in [4.78, 5) is 18.4. The third-order valence-corrected chi connectivity index (χ3v) is 5.04. The Bertz CT molecular complexity index is 610. The van der Waals surface area contributed by atoms with Crippen LogP contribution in [-0.2, 0) is 11.2 Å². The van der Waals surface area contributed by atoms with E-state index in [0.29, 0.717) is 35.9 Å². The summed E-state index contributed by atoms with van der Waals surface area (Å²) >= 11 is 6.08. The van der Waals surface area contributed by atoms with E-state index >= 15 is 0 Å². The number of carbonyl (C=O) groups excluding carboxylic acids is 1. The zero-order valence-corrected chi connectivity index (χ0v) is 16.3. The predicted molar refractivity (Wildman–Crippen MR) is 104 cm³/mol. The Morgan fingerprint density at radius 1 is 1.38 bits per heavy atom. The summed E-state index contributed by atoms with van der Waals surface area (Å²) in [6.07, 6.45) is 2.99. The van der Waals surface area contributed by atoms with E-state index in [4.69, 9.17) is 11.6 Å². The maximum atomic E-state index is 13.9. The zero-order valence-electron chi connectivity index (χ0n) is 15.5. The van der Waals surface area contributed by atoms with E-state index in [1.54, 1.807) is 19.2 Å². The minimum absolute atomic E-state index is 0.103. The molecule has 2 rings (SSSR count). The summed E-state index contributed by atoms with van der Waals surface area (Å²) in [5.41, 5.74) is 0.512. The minimum Gasteiger partial charge on any atom is -0.359 e. The summed E-state index contributed by atoms with van der Waals surface area (Å²) in [7, 11) is 1.68. The van der Waals surface area contributed by atoms with Crippen LogP contribution in [0.25, 0.3) is 0 Å². The van der Waals surface area contributed by atoms with Crippen molar-refractivity contribution in [2.45, 2.75) is 32.6 Å². The highest BCUT2D eigenvalue weighted by molar-refractivity contribution is 6.31. The smallest absolute Gasteiger partial charge is 0.220 e. The lowest BCUT2D eigenvalue weighted by Gasteiger charge is -2.34. The van der Waals surface area contributed by atoms with Gasteiger partial charge in [0.05, 0.1) is 0 Å². The van der Waals surface area contributed by atoms with Gasteiger partial charge in [-0.25, -0.2) is 4.39 Å². The fourth-order valence-corrected chi connectivity index (χ4v) is 3.44. The van der Waals surface area contributed by atoms with Crippen LogP contribution in [-0.4, -0.2) is 50.0 Å². The number of hydrogen-bond donors (Lipinski definition) is 2. The van der Waals surface area contributed by atoms with Gasteiger partial charge in [0.15, 0.2) is 5.96 Å². The van der Waals surface area contributed by atoms with E-state index in [-0.39, 0.29) is 11.7 Å². The SMILES string of the molecule is CCNC(=NCCc1c(F)cccc1Cl)N1CCC(CC(=O)NC)CC1. The van der Waals surface area contributed by atoms with Crippen molar-refractivity contribution in [2.24, 2.45) is 10.9 Å². The molecule has 0 aromatic heterocycles. The third kappa shape index (κ3) is 5.87. The third-order valence-electron chi connectivity index (χ3n) is 4.69. The lowest BCUT2D eigenvalue weighted by molar-refractivity contribution is -0.121. The Hall–Kier alpha value is -1.82. The minimum atomic E-state index is -0.285. The first-order chi connectivity index (χ1) is 12.5. The molecule has 0 unspecified atom stereocenters. The fraction of sp³-hybridized carbons (Fsp3) is 0.579. The van der Waals surface area contributed by atoms with Crippen LogP contribution < -0.4 is 10.6 Å². The average molecular weight is 383 g/mol. The number of aliphatic imine (C=N–C) groups is 1. The van der Waals surface area contributed by atoms with Gasteiger partial charge in [-0.2, -0.15) is 0 Å². The second-order valence-corrected chi connectivity index (χ2v) is 6.90. The summed E-state index contributed by atoms with van der Waals surface area (Å²) in [5, 5.41) is 6.44. The number of nitrogens with one attached hydrogen (secondary N) is 2. The number of amides is 1. The van der Waals surface area contributed by atoms with Crippen LogP contribution in [0.15, 0.2) is 23.2 Å². The molecule has 2 N–H and O–H groups in total. The topological polar surface area (TPSA) is 56.7 Å². The molecule has 1 fully saturated rings. The van der Waals surface area contributed by atoms with Gasteiger partial charge in [0.25, 0.3) is 0 Å². The van der Waals surface area contributed by atoms with Crippen molar-refractivity contribution in [2.75, 3.05) is 33.2 Å². The quantitative estimate of drug-likeness (QED) is 0.587. The van der Waals surface area contributed by atoms with Gasteiger partial charge in [-0.05, 0) is 44.2 Å². The number of benzene rings is 1. The molecule has 1 aliphatic heterocycles. The molecule has 1 aromatic rings. The van der Waals surface area contributed by atoms with Crippen LogP contribution in [0.5, 0.6) is 0 Å². The van der Waals surface area contributed by atoms with Gasteiger partial charge in [-0.15, -0.1) is 0 Å². The molecule has 0 aliphatic carbocycles. The molecule has 7 heteroatoms. The van der Waals surface area contributed by atoms with E-state index in [0.717, 1.165) is 38.4 Å². The summed E-state index contributed by atoms with van der Waals surface area (Å²) in [6.45, 7) is 5.02. The second-order valence-electron chi connectivity index (χ2n) is 6.49. The molecule has 1 saturated heterocycles. The molecule has 0 spiro atoms. The van der Waals surface area contributed by atoms with Gasteiger partial charge in [0, 0.05) is 50.2 Å². The molecule has 0 saturated carbocycles. The molecular weight excluding hydrogens is 355 g/mol. The standard InChI is InChI=1S/C19H28ClFN4O/c1-3-23-19(24-10-7-15-16(20)5-4-6-17(15)21)25-11-8-14(9-12-25)13-18(26)22-2/h4-6,14H,3,7-13H2,1-2H3,(H,22,26)(H,23,24). The fourth-order valence-electron chi connectivity index (χ4n) is 3.18. The molecule has 1 heterocycles. The first-order valence-corrected chi connectivity index (χ1v) is 9.59. The molecule has 144 valence electrons. The molecule has 0 atom stereocenters. The number of piperidine rings is 1. The van der Waals surface area contributed by atoms with E-state index in [1.165, 1.54) is 6.07 Å². The molecular formula is C19H28ClFN4O. The molecule has 1 aromatic carbocycles. The molecule has 0 radical (unpaired) electrons. The number of rotatable bonds is 6. The maximum Gasteiger partial charge on any atom is 0.220 e. The Morgan fingerprint density at radius 3 is 2.73 bits per heavy atom. The molecule has 5 nitrogen and oxygen atoms in total. The van der Waals surface area contributed by atoms with Crippen LogP contribution in [0, 0.1) is 11.7 Å². The monoisotopic (exact) mass is 382 g/mol. The molecule has 1 amide bonds. The number of nitrogens with zero attached hydrogens (tertiary/aromatic N) is 2. The van der Waals surface area contributed by atoms with Crippen molar-refractivity contribution in [3.63, 3.8) is 0 Å². The largest absolute Gasteiger partial charge is 0.359 e. The van der Waals surface area contributed by atoms with E-state index in [9.17, 15) is 9.18 Å². The number of hydrogen-bond acceptors (Lipinski definition) is 2. The predicted octanol–water partition coefficient (Wildman–Crippen LogP) is 2.84. The number of carbonyl (C=O) groups is 1. The average Bonchev–Trinajstić information content (AvgIpc) is 2.64. The van der Waals surface area contributed by atoms with Crippen LogP contribution in [0.4, 0.5) is 4.39 Å². The van der Waals surface area contributed by atoms with E-state index < -0.39 is 0 Å². The maximum absolute atomic E-state index is 13.9. The first kappa shape index (κ1) is 20.5. The Balaban J connectivity index is 1.92. The Morgan fingerprint density at radius 2 is 2.12 bits per heavy atom. The highest BCUT2D eigenvalue weighted by Gasteiger charge is 2.23. The van der Waals surface area contributed by atoms with Crippen molar-refractivity contribution in [1.82, 2.24) is 15.5 Å². The summed E-state index contributed by atoms with van der Waals surface area (Å²) in [5.74, 6) is 1.09. The lowest BCUT2D eigenvalue weighted by Crippen LogP contribution is -2.46. The van der Waals surface area contributed by atoms with Crippen molar-refractivity contribution in [3.05, 3.63) is 34.6 Å². The van der Waals surface area contributed by atoms with Crippen molar-refractivity contribution in [3.8, 4) is 0 Å². The van der Waals surface area contributed by atoms with Crippen LogP contribution in [0.3, 0.4) is 0 Å². The van der Waals surface area contributed by atoms with Crippen molar-refractivity contribution < 1.29 is 9.18 Å². The highest BCUT2D eigenvalue weighted by Crippen LogP contribution is 2.21. The van der Waals surface area contributed by atoms with E-state index in [2.05, 4.69) is 20.5 Å². The zero-order chi connectivity index (χ0) is 18.9. The van der Waals surface area contributed by atoms with Gasteiger partial charge in [0.1, 0.15) is 5.82 Å². The lowest BCUT2D eigenvalue weighted by atomic mass is 9.93. The molecule has 1 aliphatic rings. The van der Waals surface area contributed by atoms with Crippen molar-refractivity contribution >= 4 is 23.5 Å². The molecule has 0 bridgehead atoms. The first-order valence-electron chi connectivity index (χ1n) is 9.21. The van der Waals surface area contributed by atoms with Crippen LogP contribution in [0.2, 0.25) is 5.02 Å². The van der Waals surface area contributed by atoms with Crippen LogP contribution >= 0.6 is 11.6 Å². The Labute approximate surface area is 160 Å². The number of guanidine groups is 1. The van der Waals surface area contributed by atoms with Gasteiger partial charge >= 0.3 is 0 Å². The van der Waals surface area contributed by atoms with Gasteiger partial charge < -0.3 is 15.5 Å². The summed E-state index contributed by atoms with van der Waals surface area (Å²) in [6, 6.07) is 4.73. The second kappa shape index (κ2) is 10.4. The normalized spacial score (nSPS) is 15.8. The highest BCUT2D eigenvalue weighted by atomic mass is 35.5. The molecule has 26 heavy (non-hydrogen) atoms. The van der Waals surface area contributed by atoms with E-state index in [1.807, 2.05) is 6.92 Å². The Kier molecular flexibility index (Phi) is 8.16. The van der Waals surface area contributed by atoms with Gasteiger partial charge in [0.2, 0.25) is 5.91 Å². The van der Waals surface area contributed by atoms with Crippen molar-refractivity contribution in [1.29, 1.82) is 0 Å².